The van der Waals surface area contributed by atoms with E-state index in [9.17, 15) is 4.79 Å². The molecule has 0 heterocycles. The highest BCUT2D eigenvalue weighted by atomic mass is 35.5. The van der Waals surface area contributed by atoms with Crippen LogP contribution in [0.4, 0.5) is 5.69 Å². The first kappa shape index (κ1) is 14.9. The second kappa shape index (κ2) is 6.33. The van der Waals surface area contributed by atoms with Crippen LogP contribution in [-0.2, 0) is 0 Å². The molecule has 1 N–H and O–H groups in total. The lowest BCUT2D eigenvalue weighted by atomic mass is 10.1. The van der Waals surface area contributed by atoms with Crippen molar-refractivity contribution in [2.45, 2.75) is 18.7 Å². The summed E-state index contributed by atoms with van der Waals surface area (Å²) in [7, 11) is 0. The van der Waals surface area contributed by atoms with Crippen LogP contribution in [0.25, 0.3) is 0 Å². The number of thioether (sulfide) groups is 1. The summed E-state index contributed by atoms with van der Waals surface area (Å²) in [6, 6.07) is 11.4. The van der Waals surface area contributed by atoms with E-state index >= 15 is 0 Å². The average Bonchev–Trinajstić information content (AvgIpc) is 2.37. The maximum atomic E-state index is 12.3. The molecule has 0 saturated carbocycles. The predicted octanol–water partition coefficient (Wildman–Crippen LogP) is 4.93. The molecule has 0 fully saturated rings. The van der Waals surface area contributed by atoms with Crippen LogP contribution in [-0.4, -0.2) is 12.2 Å². The molecule has 0 aliphatic rings. The first-order chi connectivity index (χ1) is 9.49. The number of rotatable bonds is 3. The van der Waals surface area contributed by atoms with E-state index in [0.717, 1.165) is 21.7 Å². The third kappa shape index (κ3) is 3.56. The predicted molar refractivity (Wildman–Crippen MR) is 87.1 cm³/mol. The van der Waals surface area contributed by atoms with E-state index in [1.54, 1.807) is 17.8 Å². The number of amides is 1. The second-order valence-electron chi connectivity index (χ2n) is 4.68. The van der Waals surface area contributed by atoms with E-state index < -0.39 is 0 Å². The second-order valence-corrected chi connectivity index (χ2v) is 5.96. The summed E-state index contributed by atoms with van der Waals surface area (Å²) in [6.07, 6.45) is 1.97. The SMILES string of the molecule is CSc1ccc(Cl)c(C(=O)Nc2cc(C)cc(C)c2)c1. The molecule has 4 heteroatoms. The quantitative estimate of drug-likeness (QED) is 0.815. The van der Waals surface area contributed by atoms with Gasteiger partial charge in [-0.2, -0.15) is 0 Å². The lowest BCUT2D eigenvalue weighted by molar-refractivity contribution is 0.102. The molecule has 2 rings (SSSR count). The van der Waals surface area contributed by atoms with Crippen LogP contribution in [0.1, 0.15) is 21.5 Å². The van der Waals surface area contributed by atoms with Crippen LogP contribution < -0.4 is 5.32 Å². The minimum Gasteiger partial charge on any atom is -0.322 e. The molecule has 0 aliphatic carbocycles. The zero-order valence-electron chi connectivity index (χ0n) is 11.7. The van der Waals surface area contributed by atoms with E-state index in [2.05, 4.69) is 11.4 Å². The summed E-state index contributed by atoms with van der Waals surface area (Å²) in [6.45, 7) is 4.01. The van der Waals surface area contributed by atoms with Crippen LogP contribution in [0.5, 0.6) is 0 Å². The fourth-order valence-electron chi connectivity index (χ4n) is 2.05. The highest BCUT2D eigenvalue weighted by molar-refractivity contribution is 7.98. The molecule has 2 nitrogen and oxygen atoms in total. The number of hydrogen-bond donors (Lipinski definition) is 1. The minimum absolute atomic E-state index is 0.184. The van der Waals surface area contributed by atoms with Crippen molar-refractivity contribution in [3.05, 3.63) is 58.1 Å². The number of benzene rings is 2. The zero-order chi connectivity index (χ0) is 14.7. The molecular formula is C16H16ClNOS. The summed E-state index contributed by atoms with van der Waals surface area (Å²) in [5.74, 6) is -0.184. The van der Waals surface area contributed by atoms with Crippen molar-refractivity contribution < 1.29 is 4.79 Å². The van der Waals surface area contributed by atoms with Gasteiger partial charge in [-0.05, 0) is 61.6 Å². The number of hydrogen-bond acceptors (Lipinski definition) is 2. The van der Waals surface area contributed by atoms with E-state index in [-0.39, 0.29) is 5.91 Å². The summed E-state index contributed by atoms with van der Waals surface area (Å²) < 4.78 is 0. The van der Waals surface area contributed by atoms with Crippen molar-refractivity contribution in [3.63, 3.8) is 0 Å². The third-order valence-electron chi connectivity index (χ3n) is 2.90. The molecule has 20 heavy (non-hydrogen) atoms. The van der Waals surface area contributed by atoms with Crippen molar-refractivity contribution >= 4 is 35.0 Å². The Morgan fingerprint density at radius 1 is 1.10 bits per heavy atom. The Labute approximate surface area is 128 Å². The molecule has 0 unspecified atom stereocenters. The van der Waals surface area contributed by atoms with Gasteiger partial charge in [0.1, 0.15) is 0 Å². The molecule has 0 radical (unpaired) electrons. The Balaban J connectivity index is 2.27. The molecule has 0 bridgehead atoms. The van der Waals surface area contributed by atoms with Gasteiger partial charge < -0.3 is 5.32 Å². The fraction of sp³-hybridized carbons (Fsp3) is 0.188. The van der Waals surface area contributed by atoms with Crippen molar-refractivity contribution in [2.24, 2.45) is 0 Å². The van der Waals surface area contributed by atoms with Crippen molar-refractivity contribution in [1.29, 1.82) is 0 Å². The molecule has 0 spiro atoms. The number of halogens is 1. The Morgan fingerprint density at radius 3 is 2.35 bits per heavy atom. The maximum Gasteiger partial charge on any atom is 0.257 e. The van der Waals surface area contributed by atoms with Crippen LogP contribution in [0, 0.1) is 13.8 Å². The van der Waals surface area contributed by atoms with Crippen molar-refractivity contribution in [3.8, 4) is 0 Å². The minimum atomic E-state index is -0.184. The standard InChI is InChI=1S/C16H16ClNOS/c1-10-6-11(2)8-12(7-10)18-16(19)14-9-13(20-3)4-5-15(14)17/h4-9H,1-3H3,(H,18,19). The van der Waals surface area contributed by atoms with E-state index in [4.69, 9.17) is 11.6 Å². The lowest BCUT2D eigenvalue weighted by Crippen LogP contribution is -2.12. The summed E-state index contributed by atoms with van der Waals surface area (Å²) in [5.41, 5.74) is 3.52. The normalized spacial score (nSPS) is 10.4. The summed E-state index contributed by atoms with van der Waals surface area (Å²) in [5, 5.41) is 3.36. The van der Waals surface area contributed by atoms with Crippen LogP contribution >= 0.6 is 23.4 Å². The van der Waals surface area contributed by atoms with Gasteiger partial charge in [0.15, 0.2) is 0 Å². The molecular weight excluding hydrogens is 290 g/mol. The van der Waals surface area contributed by atoms with Gasteiger partial charge in [0.05, 0.1) is 10.6 Å². The Kier molecular flexibility index (Phi) is 4.73. The van der Waals surface area contributed by atoms with Gasteiger partial charge in [0.25, 0.3) is 5.91 Å². The fourth-order valence-corrected chi connectivity index (χ4v) is 2.69. The van der Waals surface area contributed by atoms with Crippen molar-refractivity contribution in [1.82, 2.24) is 0 Å². The highest BCUT2D eigenvalue weighted by Gasteiger charge is 2.11. The molecule has 104 valence electrons. The first-order valence-electron chi connectivity index (χ1n) is 6.23. The third-order valence-corrected chi connectivity index (χ3v) is 3.95. The molecule has 0 atom stereocenters. The lowest BCUT2D eigenvalue weighted by Gasteiger charge is -2.09. The summed E-state index contributed by atoms with van der Waals surface area (Å²) >= 11 is 7.69. The molecule has 0 saturated heterocycles. The van der Waals surface area contributed by atoms with Gasteiger partial charge in [0, 0.05) is 10.6 Å². The average molecular weight is 306 g/mol. The van der Waals surface area contributed by atoms with E-state index in [0.29, 0.717) is 10.6 Å². The van der Waals surface area contributed by atoms with Gasteiger partial charge in [-0.25, -0.2) is 0 Å². The maximum absolute atomic E-state index is 12.3. The number of nitrogens with one attached hydrogen (secondary N) is 1. The molecule has 1 amide bonds. The molecule has 0 aliphatic heterocycles. The molecule has 2 aromatic carbocycles. The van der Waals surface area contributed by atoms with Crippen LogP contribution in [0.2, 0.25) is 5.02 Å². The van der Waals surface area contributed by atoms with Crippen LogP contribution in [0.3, 0.4) is 0 Å². The topological polar surface area (TPSA) is 29.1 Å². The van der Waals surface area contributed by atoms with Crippen LogP contribution in [0.15, 0.2) is 41.3 Å². The first-order valence-corrected chi connectivity index (χ1v) is 7.83. The van der Waals surface area contributed by atoms with Gasteiger partial charge >= 0.3 is 0 Å². The summed E-state index contributed by atoms with van der Waals surface area (Å²) in [4.78, 5) is 13.3. The van der Waals surface area contributed by atoms with E-state index in [1.807, 2.05) is 44.4 Å². The monoisotopic (exact) mass is 305 g/mol. The van der Waals surface area contributed by atoms with Gasteiger partial charge in [-0.15, -0.1) is 11.8 Å². The number of carbonyl (C=O) groups excluding carboxylic acids is 1. The Morgan fingerprint density at radius 2 is 1.75 bits per heavy atom. The van der Waals surface area contributed by atoms with Gasteiger partial charge in [-0.3, -0.25) is 4.79 Å². The Bertz CT molecular complexity index is 635. The smallest absolute Gasteiger partial charge is 0.257 e. The molecule has 0 aromatic heterocycles. The highest BCUT2D eigenvalue weighted by Crippen LogP contribution is 2.24. The number of anilines is 1. The van der Waals surface area contributed by atoms with Crippen molar-refractivity contribution in [2.75, 3.05) is 11.6 Å². The van der Waals surface area contributed by atoms with E-state index in [1.165, 1.54) is 0 Å². The number of aryl methyl sites for hydroxylation is 2. The number of carbonyl (C=O) groups is 1. The van der Waals surface area contributed by atoms with Gasteiger partial charge in [-0.1, -0.05) is 17.7 Å². The van der Waals surface area contributed by atoms with Gasteiger partial charge in [0.2, 0.25) is 0 Å². The zero-order valence-corrected chi connectivity index (χ0v) is 13.2. The molecule has 2 aromatic rings. The Hall–Kier alpha value is -1.45. The largest absolute Gasteiger partial charge is 0.322 e.